The van der Waals surface area contributed by atoms with Gasteiger partial charge in [-0.05, 0) is 25.8 Å². The Bertz CT molecular complexity index is 259. The molecule has 0 aromatic heterocycles. The van der Waals surface area contributed by atoms with Crippen LogP contribution >= 0.6 is 0 Å². The van der Waals surface area contributed by atoms with E-state index < -0.39 is 0 Å². The fraction of sp³-hybridized carbons (Fsp3) is 1.00. The highest BCUT2D eigenvalue weighted by atomic mass is 16.5. The van der Waals surface area contributed by atoms with Crippen molar-refractivity contribution in [3.63, 3.8) is 0 Å². The Morgan fingerprint density at radius 3 is 2.78 bits per heavy atom. The van der Waals surface area contributed by atoms with E-state index in [0.29, 0.717) is 24.1 Å². The molecule has 4 nitrogen and oxygen atoms in total. The quantitative estimate of drug-likeness (QED) is 0.808. The Morgan fingerprint density at radius 1 is 1.33 bits per heavy atom. The number of likely N-dealkylation sites (N-methyl/N-ethyl adjacent to an activating group) is 1. The van der Waals surface area contributed by atoms with Gasteiger partial charge in [0.2, 0.25) is 0 Å². The number of hydrogen-bond donors (Lipinski definition) is 1. The largest absolute Gasteiger partial charge is 0.378 e. The third-order valence-electron chi connectivity index (χ3n) is 4.50. The highest BCUT2D eigenvalue weighted by molar-refractivity contribution is 4.89. The number of hydrogen-bond acceptors (Lipinski definition) is 4. The molecule has 2 N–H and O–H groups in total. The summed E-state index contributed by atoms with van der Waals surface area (Å²) in [5, 5.41) is 0. The van der Waals surface area contributed by atoms with Gasteiger partial charge in [0.25, 0.3) is 0 Å². The van der Waals surface area contributed by atoms with Gasteiger partial charge in [0, 0.05) is 44.9 Å². The lowest BCUT2D eigenvalue weighted by atomic mass is 9.93. The standard InChI is InChI=1S/C14H29N3O/c1-11(2)14-8-12(4-7-18-14)17-6-5-16(3)10-13(17)9-15/h11-14H,4-10,15H2,1-3H3. The maximum Gasteiger partial charge on any atom is 0.0612 e. The minimum atomic E-state index is 0.432. The number of nitrogens with two attached hydrogens (primary N) is 1. The Balaban J connectivity index is 1.96. The Labute approximate surface area is 111 Å². The average molecular weight is 255 g/mol. The van der Waals surface area contributed by atoms with Gasteiger partial charge in [-0.25, -0.2) is 0 Å². The van der Waals surface area contributed by atoms with Crippen LogP contribution in [0.5, 0.6) is 0 Å². The van der Waals surface area contributed by atoms with Crippen LogP contribution in [0.1, 0.15) is 26.7 Å². The first-order chi connectivity index (χ1) is 8.61. The molecule has 0 saturated carbocycles. The fourth-order valence-corrected chi connectivity index (χ4v) is 3.29. The van der Waals surface area contributed by atoms with Crippen LogP contribution in [0.4, 0.5) is 0 Å². The van der Waals surface area contributed by atoms with Crippen molar-refractivity contribution < 1.29 is 4.74 Å². The number of piperazine rings is 1. The zero-order valence-electron chi connectivity index (χ0n) is 12.1. The average Bonchev–Trinajstić information content (AvgIpc) is 2.38. The third-order valence-corrected chi connectivity index (χ3v) is 4.50. The van der Waals surface area contributed by atoms with E-state index in [1.54, 1.807) is 0 Å². The van der Waals surface area contributed by atoms with E-state index in [1.807, 2.05) is 0 Å². The van der Waals surface area contributed by atoms with Crippen LogP contribution in [-0.2, 0) is 4.74 Å². The van der Waals surface area contributed by atoms with E-state index in [1.165, 1.54) is 19.4 Å². The molecule has 0 spiro atoms. The Hall–Kier alpha value is -0.160. The maximum absolute atomic E-state index is 5.96. The molecule has 0 aromatic rings. The topological polar surface area (TPSA) is 41.7 Å². The lowest BCUT2D eigenvalue weighted by molar-refractivity contribution is -0.0655. The van der Waals surface area contributed by atoms with Gasteiger partial charge in [-0.3, -0.25) is 4.90 Å². The molecular weight excluding hydrogens is 226 g/mol. The number of nitrogens with zero attached hydrogens (tertiary/aromatic N) is 2. The second-order valence-corrected chi connectivity index (χ2v) is 6.22. The van der Waals surface area contributed by atoms with Crippen molar-refractivity contribution in [2.75, 3.05) is 39.8 Å². The van der Waals surface area contributed by atoms with Gasteiger partial charge in [0.05, 0.1) is 6.10 Å². The van der Waals surface area contributed by atoms with Crippen molar-refractivity contribution in [2.24, 2.45) is 11.7 Å². The normalized spacial score (nSPS) is 36.2. The van der Waals surface area contributed by atoms with E-state index in [9.17, 15) is 0 Å². The Morgan fingerprint density at radius 2 is 2.11 bits per heavy atom. The summed E-state index contributed by atoms with van der Waals surface area (Å²) in [5.74, 6) is 0.622. The summed E-state index contributed by atoms with van der Waals surface area (Å²) < 4.78 is 5.88. The summed E-state index contributed by atoms with van der Waals surface area (Å²) in [6.45, 7) is 9.65. The predicted octanol–water partition coefficient (Wildman–Crippen LogP) is 0.765. The van der Waals surface area contributed by atoms with Gasteiger partial charge in [-0.2, -0.15) is 0 Å². The van der Waals surface area contributed by atoms with E-state index in [4.69, 9.17) is 10.5 Å². The molecular formula is C14H29N3O. The molecule has 3 atom stereocenters. The summed E-state index contributed by atoms with van der Waals surface area (Å²) >= 11 is 0. The summed E-state index contributed by atoms with van der Waals surface area (Å²) in [5.41, 5.74) is 5.96. The van der Waals surface area contributed by atoms with E-state index in [2.05, 4.69) is 30.7 Å². The van der Waals surface area contributed by atoms with Crippen molar-refractivity contribution in [2.45, 2.75) is 44.9 Å². The van der Waals surface area contributed by atoms with Gasteiger partial charge in [0.15, 0.2) is 0 Å². The van der Waals surface area contributed by atoms with E-state index >= 15 is 0 Å². The van der Waals surface area contributed by atoms with Crippen LogP contribution in [-0.4, -0.2) is 67.8 Å². The molecule has 4 heteroatoms. The summed E-state index contributed by atoms with van der Waals surface area (Å²) in [4.78, 5) is 5.05. The second-order valence-electron chi connectivity index (χ2n) is 6.22. The van der Waals surface area contributed by atoms with Crippen LogP contribution in [0.3, 0.4) is 0 Å². The molecule has 106 valence electrons. The summed E-state index contributed by atoms with van der Waals surface area (Å²) in [6, 6.07) is 1.20. The zero-order valence-corrected chi connectivity index (χ0v) is 12.1. The predicted molar refractivity (Wildman–Crippen MR) is 74.6 cm³/mol. The lowest BCUT2D eigenvalue weighted by Gasteiger charge is -2.46. The molecule has 2 aliphatic rings. The zero-order chi connectivity index (χ0) is 13.1. The monoisotopic (exact) mass is 255 g/mol. The van der Waals surface area contributed by atoms with Crippen LogP contribution in [0.2, 0.25) is 0 Å². The van der Waals surface area contributed by atoms with Crippen LogP contribution in [0.25, 0.3) is 0 Å². The van der Waals surface area contributed by atoms with Gasteiger partial charge in [0.1, 0.15) is 0 Å². The molecule has 2 heterocycles. The molecule has 0 aliphatic carbocycles. The molecule has 0 bridgehead atoms. The second kappa shape index (κ2) is 6.33. The first kappa shape index (κ1) is 14.3. The number of rotatable bonds is 3. The van der Waals surface area contributed by atoms with Crippen LogP contribution < -0.4 is 5.73 Å². The third kappa shape index (κ3) is 3.23. The first-order valence-electron chi connectivity index (χ1n) is 7.37. The van der Waals surface area contributed by atoms with Crippen LogP contribution in [0, 0.1) is 5.92 Å². The first-order valence-corrected chi connectivity index (χ1v) is 7.37. The molecule has 18 heavy (non-hydrogen) atoms. The van der Waals surface area contributed by atoms with Gasteiger partial charge < -0.3 is 15.4 Å². The minimum absolute atomic E-state index is 0.432. The van der Waals surface area contributed by atoms with Crippen molar-refractivity contribution in [3.05, 3.63) is 0 Å². The fourth-order valence-electron chi connectivity index (χ4n) is 3.29. The van der Waals surface area contributed by atoms with Gasteiger partial charge in [-0.15, -0.1) is 0 Å². The van der Waals surface area contributed by atoms with E-state index in [0.717, 1.165) is 26.2 Å². The van der Waals surface area contributed by atoms with Crippen molar-refractivity contribution in [1.29, 1.82) is 0 Å². The Kier molecular flexibility index (Phi) is 5.01. The molecule has 3 unspecified atom stereocenters. The highest BCUT2D eigenvalue weighted by Gasteiger charge is 2.34. The van der Waals surface area contributed by atoms with E-state index in [-0.39, 0.29) is 0 Å². The molecule has 0 aromatic carbocycles. The summed E-state index contributed by atoms with van der Waals surface area (Å²) in [7, 11) is 2.20. The molecule has 2 fully saturated rings. The number of ether oxygens (including phenoxy) is 1. The van der Waals surface area contributed by atoms with Gasteiger partial charge in [-0.1, -0.05) is 13.8 Å². The lowest BCUT2D eigenvalue weighted by Crippen LogP contribution is -2.59. The maximum atomic E-state index is 5.96. The SMILES string of the molecule is CC(C)C1CC(N2CCN(C)CC2CN)CCO1. The van der Waals surface area contributed by atoms with Crippen molar-refractivity contribution >= 4 is 0 Å². The smallest absolute Gasteiger partial charge is 0.0612 e. The molecule has 0 radical (unpaired) electrons. The summed E-state index contributed by atoms with van der Waals surface area (Å²) in [6.07, 6.45) is 2.78. The molecule has 2 aliphatic heterocycles. The van der Waals surface area contributed by atoms with Crippen molar-refractivity contribution in [1.82, 2.24) is 9.80 Å². The molecule has 2 saturated heterocycles. The van der Waals surface area contributed by atoms with Crippen LogP contribution in [0.15, 0.2) is 0 Å². The molecule has 0 amide bonds. The van der Waals surface area contributed by atoms with Crippen molar-refractivity contribution in [3.8, 4) is 0 Å². The van der Waals surface area contributed by atoms with Gasteiger partial charge >= 0.3 is 0 Å². The highest BCUT2D eigenvalue weighted by Crippen LogP contribution is 2.26. The minimum Gasteiger partial charge on any atom is -0.378 e. The molecule has 2 rings (SSSR count).